The molecule has 4 aromatic rings. The van der Waals surface area contributed by atoms with Crippen molar-refractivity contribution in [3.8, 4) is 17.1 Å². The van der Waals surface area contributed by atoms with Crippen molar-refractivity contribution in [2.75, 3.05) is 19.0 Å². The maximum Gasteiger partial charge on any atom is 0.280 e. The van der Waals surface area contributed by atoms with E-state index in [1.165, 1.54) is 30.6 Å². The number of hydrogen-bond acceptors (Lipinski definition) is 6. The van der Waals surface area contributed by atoms with Gasteiger partial charge < -0.3 is 10.1 Å². The highest BCUT2D eigenvalue weighted by atomic mass is 19.3. The maximum absolute atomic E-state index is 13.4. The number of nitrogens with zero attached hydrogens (tertiary/aromatic N) is 6. The Morgan fingerprint density at radius 1 is 1.06 bits per heavy atom. The summed E-state index contributed by atoms with van der Waals surface area (Å²) in [7, 11) is 1.59. The first-order valence-electron chi connectivity index (χ1n) is 10.1. The summed E-state index contributed by atoms with van der Waals surface area (Å²) < 4.78 is 48.2. The maximum atomic E-state index is 13.4. The highest BCUT2D eigenvalue weighted by Gasteiger charge is 2.20. The average molecular weight is 457 g/mol. The van der Waals surface area contributed by atoms with Gasteiger partial charge in [-0.15, -0.1) is 0 Å². The molecule has 0 atom stereocenters. The number of halogens is 3. The zero-order chi connectivity index (χ0) is 23.5. The van der Waals surface area contributed by atoms with Crippen LogP contribution in [0.4, 0.5) is 24.8 Å². The van der Waals surface area contributed by atoms with Crippen molar-refractivity contribution in [3.63, 3.8) is 0 Å². The molecule has 172 valence electrons. The SMILES string of the molecule is COCCn1nc(-c2ccc(F)cc2)c(C)c1Nc1cc(-n2nc(C)cc2C(F)F)ncn1. The summed E-state index contributed by atoms with van der Waals surface area (Å²) >= 11 is 0. The molecular formula is C22H22F3N7O. The zero-order valence-electron chi connectivity index (χ0n) is 18.3. The van der Waals surface area contributed by atoms with Crippen LogP contribution in [0.1, 0.15) is 23.4 Å². The number of ether oxygens (including phenoxy) is 1. The Balaban J connectivity index is 1.71. The lowest BCUT2D eigenvalue weighted by Gasteiger charge is -2.11. The van der Waals surface area contributed by atoms with E-state index in [4.69, 9.17) is 4.74 Å². The summed E-state index contributed by atoms with van der Waals surface area (Å²) in [4.78, 5) is 8.33. The number of anilines is 2. The average Bonchev–Trinajstić information content (AvgIpc) is 3.34. The molecule has 0 radical (unpaired) electrons. The van der Waals surface area contributed by atoms with E-state index in [0.29, 0.717) is 36.2 Å². The molecule has 1 N–H and O–H groups in total. The fourth-order valence-electron chi connectivity index (χ4n) is 3.44. The van der Waals surface area contributed by atoms with Crippen LogP contribution in [0, 0.1) is 19.7 Å². The van der Waals surface area contributed by atoms with Crippen molar-refractivity contribution >= 4 is 11.6 Å². The van der Waals surface area contributed by atoms with E-state index in [1.54, 1.807) is 30.8 Å². The molecule has 3 aromatic heterocycles. The number of alkyl halides is 2. The van der Waals surface area contributed by atoms with Crippen molar-refractivity contribution in [2.24, 2.45) is 0 Å². The molecule has 0 spiro atoms. The fraction of sp³-hybridized carbons (Fsp3) is 0.273. The minimum absolute atomic E-state index is 0.204. The normalized spacial score (nSPS) is 11.4. The van der Waals surface area contributed by atoms with Crippen LogP contribution in [0.3, 0.4) is 0 Å². The molecule has 0 aliphatic carbocycles. The summed E-state index contributed by atoms with van der Waals surface area (Å²) in [6, 6.07) is 8.91. The Morgan fingerprint density at radius 2 is 1.82 bits per heavy atom. The summed E-state index contributed by atoms with van der Waals surface area (Å²) in [5.74, 6) is 0.886. The van der Waals surface area contributed by atoms with Gasteiger partial charge in [0.05, 0.1) is 24.5 Å². The monoisotopic (exact) mass is 457 g/mol. The molecule has 0 fully saturated rings. The smallest absolute Gasteiger partial charge is 0.280 e. The number of hydrogen-bond donors (Lipinski definition) is 1. The summed E-state index contributed by atoms with van der Waals surface area (Å²) in [5.41, 5.74) is 2.43. The van der Waals surface area contributed by atoms with Gasteiger partial charge in [0.15, 0.2) is 5.82 Å². The van der Waals surface area contributed by atoms with Crippen molar-refractivity contribution in [1.29, 1.82) is 0 Å². The Morgan fingerprint density at radius 3 is 2.52 bits per heavy atom. The molecular weight excluding hydrogens is 435 g/mol. The van der Waals surface area contributed by atoms with Gasteiger partial charge in [0.2, 0.25) is 0 Å². The van der Waals surface area contributed by atoms with Crippen molar-refractivity contribution in [2.45, 2.75) is 26.8 Å². The summed E-state index contributed by atoms with van der Waals surface area (Å²) in [5, 5.41) is 12.0. The lowest BCUT2D eigenvalue weighted by molar-refractivity contribution is 0.142. The van der Waals surface area contributed by atoms with Crippen LogP contribution in [0.15, 0.2) is 42.7 Å². The Kier molecular flexibility index (Phi) is 6.40. The predicted molar refractivity (Wildman–Crippen MR) is 116 cm³/mol. The third-order valence-electron chi connectivity index (χ3n) is 5.01. The van der Waals surface area contributed by atoms with Crippen LogP contribution in [0.5, 0.6) is 0 Å². The van der Waals surface area contributed by atoms with Gasteiger partial charge in [-0.25, -0.2) is 32.5 Å². The second-order valence-electron chi connectivity index (χ2n) is 7.35. The van der Waals surface area contributed by atoms with Gasteiger partial charge in [0, 0.05) is 24.3 Å². The highest BCUT2D eigenvalue weighted by Crippen LogP contribution is 2.30. The molecule has 0 amide bonds. The zero-order valence-corrected chi connectivity index (χ0v) is 18.3. The van der Waals surface area contributed by atoms with Crippen molar-refractivity contribution < 1.29 is 17.9 Å². The van der Waals surface area contributed by atoms with E-state index in [2.05, 4.69) is 25.5 Å². The van der Waals surface area contributed by atoms with Gasteiger partial charge in [0.25, 0.3) is 6.43 Å². The van der Waals surface area contributed by atoms with E-state index < -0.39 is 6.43 Å². The van der Waals surface area contributed by atoms with Crippen LogP contribution in [0.25, 0.3) is 17.1 Å². The number of aromatic nitrogens is 6. The largest absolute Gasteiger partial charge is 0.383 e. The van der Waals surface area contributed by atoms with Gasteiger partial charge in [-0.1, -0.05) is 0 Å². The quantitative estimate of drug-likeness (QED) is 0.416. The number of benzene rings is 1. The first kappa shape index (κ1) is 22.5. The van der Waals surface area contributed by atoms with E-state index >= 15 is 0 Å². The molecule has 0 saturated carbocycles. The number of rotatable bonds is 8. The number of aryl methyl sites for hydroxylation is 1. The first-order valence-corrected chi connectivity index (χ1v) is 10.1. The van der Waals surface area contributed by atoms with Crippen molar-refractivity contribution in [3.05, 3.63) is 65.5 Å². The minimum Gasteiger partial charge on any atom is -0.383 e. The topological polar surface area (TPSA) is 82.7 Å². The van der Waals surface area contributed by atoms with E-state index in [9.17, 15) is 13.2 Å². The molecule has 0 saturated heterocycles. The lowest BCUT2D eigenvalue weighted by atomic mass is 10.1. The van der Waals surface area contributed by atoms with E-state index in [0.717, 1.165) is 15.8 Å². The van der Waals surface area contributed by atoms with Gasteiger partial charge in [-0.3, -0.25) is 0 Å². The second-order valence-corrected chi connectivity index (χ2v) is 7.35. The predicted octanol–water partition coefficient (Wildman–Crippen LogP) is 4.61. The van der Waals surface area contributed by atoms with Gasteiger partial charge in [0.1, 0.15) is 29.5 Å². The second kappa shape index (κ2) is 9.41. The molecule has 33 heavy (non-hydrogen) atoms. The molecule has 0 aliphatic heterocycles. The highest BCUT2D eigenvalue weighted by molar-refractivity contribution is 5.71. The standard InChI is InChI=1S/C22H22F3N7O/c1-13-10-17(21(24)25)32(29-13)19-11-18(26-12-27-19)28-22-14(2)20(30-31(22)8-9-33-3)15-4-6-16(23)7-5-15/h4-7,10-12,21H,8-9H2,1-3H3,(H,26,27,28). The molecule has 1 aromatic carbocycles. The molecule has 0 aliphatic rings. The summed E-state index contributed by atoms with van der Waals surface area (Å²) in [6.45, 7) is 4.38. The Labute approximate surface area is 188 Å². The van der Waals surface area contributed by atoms with Crippen LogP contribution in [-0.2, 0) is 11.3 Å². The van der Waals surface area contributed by atoms with Gasteiger partial charge >= 0.3 is 0 Å². The Hall–Kier alpha value is -3.73. The summed E-state index contributed by atoms with van der Waals surface area (Å²) in [6.07, 6.45) is -1.43. The van der Waals surface area contributed by atoms with Crippen LogP contribution in [0.2, 0.25) is 0 Å². The molecule has 0 bridgehead atoms. The molecule has 0 unspecified atom stereocenters. The van der Waals surface area contributed by atoms with Crippen molar-refractivity contribution in [1.82, 2.24) is 29.5 Å². The molecule has 4 rings (SSSR count). The number of methoxy groups -OCH3 is 1. The fourth-order valence-corrected chi connectivity index (χ4v) is 3.44. The Bertz CT molecular complexity index is 1250. The van der Waals surface area contributed by atoms with E-state index in [-0.39, 0.29) is 17.3 Å². The third kappa shape index (κ3) is 4.72. The van der Waals surface area contributed by atoms with Crippen LogP contribution < -0.4 is 5.32 Å². The first-order chi connectivity index (χ1) is 15.9. The molecule has 8 nitrogen and oxygen atoms in total. The number of nitrogens with one attached hydrogen (secondary N) is 1. The third-order valence-corrected chi connectivity index (χ3v) is 5.01. The van der Waals surface area contributed by atoms with Gasteiger partial charge in [-0.2, -0.15) is 10.2 Å². The minimum atomic E-state index is -2.70. The lowest BCUT2D eigenvalue weighted by Crippen LogP contribution is -2.11. The van der Waals surface area contributed by atoms with Crippen LogP contribution >= 0.6 is 0 Å². The van der Waals surface area contributed by atoms with E-state index in [1.807, 2.05) is 6.92 Å². The molecule has 11 heteroatoms. The van der Waals surface area contributed by atoms with Crippen LogP contribution in [-0.4, -0.2) is 43.2 Å². The van der Waals surface area contributed by atoms with Gasteiger partial charge in [-0.05, 0) is 44.2 Å². The molecule has 3 heterocycles.